The van der Waals surface area contributed by atoms with Gasteiger partial charge in [0.2, 0.25) is 0 Å². The number of nitrogens with zero attached hydrogens (tertiary/aromatic N) is 1. The molecule has 0 saturated carbocycles. The van der Waals surface area contributed by atoms with E-state index in [1.54, 1.807) is 0 Å². The van der Waals surface area contributed by atoms with E-state index < -0.39 is 0 Å². The predicted octanol–water partition coefficient (Wildman–Crippen LogP) is -0.0418. The van der Waals surface area contributed by atoms with Crippen molar-refractivity contribution in [3.8, 4) is 0 Å². The third kappa shape index (κ3) is 7.88. The summed E-state index contributed by atoms with van der Waals surface area (Å²) in [5.74, 6) is 0. The van der Waals surface area contributed by atoms with Crippen LogP contribution in [0.5, 0.6) is 0 Å². The first-order valence-corrected chi connectivity index (χ1v) is 3.71. The molecule has 0 amide bonds. The molecular formula is C7H17N2O. The van der Waals surface area contributed by atoms with Crippen LogP contribution in [0.2, 0.25) is 0 Å². The van der Waals surface area contributed by atoms with E-state index in [9.17, 15) is 5.11 Å². The summed E-state index contributed by atoms with van der Waals surface area (Å²) in [5.41, 5.74) is 0. The van der Waals surface area contributed by atoms with Crippen molar-refractivity contribution in [2.24, 2.45) is 0 Å². The van der Waals surface area contributed by atoms with Gasteiger partial charge in [-0.05, 0) is 33.6 Å². The highest BCUT2D eigenvalue weighted by molar-refractivity contribution is 4.48. The van der Waals surface area contributed by atoms with Crippen molar-refractivity contribution in [1.29, 1.82) is 0 Å². The Hall–Kier alpha value is -0.120. The zero-order valence-electron chi connectivity index (χ0n) is 6.89. The topological polar surface area (TPSA) is 35.2 Å². The second-order valence-electron chi connectivity index (χ2n) is 2.61. The highest BCUT2D eigenvalue weighted by atomic mass is 16.3. The molecule has 0 rings (SSSR count). The molecule has 10 heavy (non-hydrogen) atoms. The van der Waals surface area contributed by atoms with Crippen LogP contribution in [0.15, 0.2) is 0 Å². The van der Waals surface area contributed by atoms with Gasteiger partial charge in [-0.3, -0.25) is 0 Å². The van der Waals surface area contributed by atoms with Crippen LogP contribution in [0, 0.1) is 0 Å². The third-order valence-electron chi connectivity index (χ3n) is 1.24. The Morgan fingerprint density at radius 3 is 2.50 bits per heavy atom. The van der Waals surface area contributed by atoms with Crippen LogP contribution >= 0.6 is 0 Å². The summed E-state index contributed by atoms with van der Waals surface area (Å²) in [7, 11) is 4.10. The second kappa shape index (κ2) is 6.99. The van der Waals surface area contributed by atoms with Crippen molar-refractivity contribution < 1.29 is 5.11 Å². The zero-order valence-corrected chi connectivity index (χ0v) is 6.89. The Balaban J connectivity index is 2.77. The Kier molecular flexibility index (Phi) is 6.91. The van der Waals surface area contributed by atoms with Gasteiger partial charge in [0, 0.05) is 6.54 Å². The van der Waals surface area contributed by atoms with Crippen molar-refractivity contribution in [2.75, 3.05) is 40.3 Å². The highest BCUT2D eigenvalue weighted by Crippen LogP contribution is 1.79. The fourth-order valence-corrected chi connectivity index (χ4v) is 0.717. The summed E-state index contributed by atoms with van der Waals surface area (Å²) in [6.45, 7) is 2.64. The third-order valence-corrected chi connectivity index (χ3v) is 1.24. The van der Waals surface area contributed by atoms with Gasteiger partial charge >= 0.3 is 0 Å². The van der Waals surface area contributed by atoms with Gasteiger partial charge in [-0.25, -0.2) is 5.11 Å². The van der Waals surface area contributed by atoms with E-state index in [2.05, 4.69) is 10.2 Å². The fraction of sp³-hybridized carbons (Fsp3) is 1.00. The molecule has 0 aliphatic rings. The summed E-state index contributed by atoms with van der Waals surface area (Å²) in [6, 6.07) is 0. The Bertz CT molecular complexity index is 66.6. The lowest BCUT2D eigenvalue weighted by Crippen LogP contribution is -2.23. The van der Waals surface area contributed by atoms with Gasteiger partial charge in [0.15, 0.2) is 0 Å². The van der Waals surface area contributed by atoms with Crippen LogP contribution in [-0.4, -0.2) is 45.2 Å². The van der Waals surface area contributed by atoms with Gasteiger partial charge in [-0.15, -0.1) is 0 Å². The van der Waals surface area contributed by atoms with E-state index in [0.717, 1.165) is 19.5 Å². The van der Waals surface area contributed by atoms with Crippen molar-refractivity contribution in [3.05, 3.63) is 0 Å². The van der Waals surface area contributed by atoms with Crippen LogP contribution in [0.1, 0.15) is 6.42 Å². The van der Waals surface area contributed by atoms with Gasteiger partial charge in [0.05, 0.1) is 6.61 Å². The van der Waals surface area contributed by atoms with Crippen molar-refractivity contribution >= 4 is 0 Å². The van der Waals surface area contributed by atoms with Crippen LogP contribution in [0.4, 0.5) is 0 Å². The van der Waals surface area contributed by atoms with Gasteiger partial charge in [-0.1, -0.05) is 0 Å². The van der Waals surface area contributed by atoms with Crippen molar-refractivity contribution in [3.63, 3.8) is 0 Å². The molecule has 0 aromatic heterocycles. The predicted molar refractivity (Wildman–Crippen MR) is 41.6 cm³/mol. The SMILES string of the molecule is CN(C)CCCNCC[O]. The van der Waals surface area contributed by atoms with E-state index in [4.69, 9.17) is 0 Å². The lowest BCUT2D eigenvalue weighted by atomic mass is 10.4. The molecule has 0 unspecified atom stereocenters. The van der Waals surface area contributed by atoms with Crippen molar-refractivity contribution in [1.82, 2.24) is 10.2 Å². The van der Waals surface area contributed by atoms with E-state index in [-0.39, 0.29) is 6.61 Å². The number of hydrogen-bond donors (Lipinski definition) is 1. The molecule has 0 saturated heterocycles. The van der Waals surface area contributed by atoms with Gasteiger partial charge in [0.25, 0.3) is 0 Å². The van der Waals surface area contributed by atoms with Crippen LogP contribution in [-0.2, 0) is 5.11 Å². The monoisotopic (exact) mass is 145 g/mol. The number of nitrogens with one attached hydrogen (secondary N) is 1. The van der Waals surface area contributed by atoms with Crippen molar-refractivity contribution in [2.45, 2.75) is 6.42 Å². The first kappa shape index (κ1) is 9.88. The fourth-order valence-electron chi connectivity index (χ4n) is 0.717. The summed E-state index contributed by atoms with van der Waals surface area (Å²) in [6.07, 6.45) is 1.12. The molecule has 3 nitrogen and oxygen atoms in total. The second-order valence-corrected chi connectivity index (χ2v) is 2.61. The molecule has 1 N–H and O–H groups in total. The molecule has 0 aromatic rings. The Morgan fingerprint density at radius 2 is 2.00 bits per heavy atom. The van der Waals surface area contributed by atoms with Gasteiger partial charge < -0.3 is 10.2 Å². The molecule has 3 heteroatoms. The van der Waals surface area contributed by atoms with Crippen LogP contribution < -0.4 is 5.32 Å². The zero-order chi connectivity index (χ0) is 7.82. The number of hydrogen-bond acceptors (Lipinski definition) is 2. The maximum atomic E-state index is 9.95. The lowest BCUT2D eigenvalue weighted by Gasteiger charge is -2.08. The van der Waals surface area contributed by atoms with E-state index in [1.807, 2.05) is 14.1 Å². The summed E-state index contributed by atoms with van der Waals surface area (Å²) < 4.78 is 0. The van der Waals surface area contributed by atoms with Gasteiger partial charge in [0.1, 0.15) is 0 Å². The molecular weight excluding hydrogens is 128 g/mol. The average molecular weight is 145 g/mol. The van der Waals surface area contributed by atoms with Crippen LogP contribution in [0.25, 0.3) is 0 Å². The van der Waals surface area contributed by atoms with Gasteiger partial charge in [-0.2, -0.15) is 0 Å². The molecule has 0 fully saturated rings. The molecule has 0 spiro atoms. The molecule has 0 atom stereocenters. The smallest absolute Gasteiger partial charge is 0.0946 e. The highest BCUT2D eigenvalue weighted by Gasteiger charge is 1.89. The molecule has 0 aromatic carbocycles. The summed E-state index contributed by atoms with van der Waals surface area (Å²) in [5, 5.41) is 13.0. The Morgan fingerprint density at radius 1 is 1.30 bits per heavy atom. The normalized spacial score (nSPS) is 10.8. The van der Waals surface area contributed by atoms with E-state index >= 15 is 0 Å². The molecule has 1 radical (unpaired) electrons. The minimum atomic E-state index is -0.0119. The molecule has 0 heterocycles. The van der Waals surface area contributed by atoms with E-state index in [0.29, 0.717) is 6.54 Å². The lowest BCUT2D eigenvalue weighted by molar-refractivity contribution is 0.193. The first-order valence-electron chi connectivity index (χ1n) is 3.71. The maximum Gasteiger partial charge on any atom is 0.0946 e. The largest absolute Gasteiger partial charge is 0.314 e. The minimum absolute atomic E-state index is 0.0119. The minimum Gasteiger partial charge on any atom is -0.314 e. The quantitative estimate of drug-likeness (QED) is 0.532. The Labute approximate surface area is 63.0 Å². The standard InChI is InChI=1S/C7H17N2O/c1-9(2)6-3-4-8-5-7-10/h8H,3-7H2,1-2H3. The molecule has 0 aliphatic heterocycles. The summed E-state index contributed by atoms with van der Waals surface area (Å²) in [4.78, 5) is 2.14. The molecule has 0 bridgehead atoms. The maximum absolute atomic E-state index is 9.95. The average Bonchev–Trinajstić information content (AvgIpc) is 1.87. The molecule has 0 aliphatic carbocycles. The van der Waals surface area contributed by atoms with E-state index in [1.165, 1.54) is 0 Å². The number of rotatable bonds is 6. The van der Waals surface area contributed by atoms with Crippen LogP contribution in [0.3, 0.4) is 0 Å². The summed E-state index contributed by atoms with van der Waals surface area (Å²) >= 11 is 0. The molecule has 61 valence electrons. The first-order chi connectivity index (χ1) is 4.77.